The summed E-state index contributed by atoms with van der Waals surface area (Å²) in [6.07, 6.45) is 3.41. The fraction of sp³-hybridized carbons (Fsp3) is 0.154. The van der Waals surface area contributed by atoms with Gasteiger partial charge in [0, 0.05) is 24.7 Å². The summed E-state index contributed by atoms with van der Waals surface area (Å²) in [5.74, 6) is 0.209. The number of amides is 2. The maximum atomic E-state index is 12.1. The van der Waals surface area contributed by atoms with Crippen LogP contribution < -0.4 is 0 Å². The van der Waals surface area contributed by atoms with Crippen LogP contribution in [0.1, 0.15) is 20.7 Å². The summed E-state index contributed by atoms with van der Waals surface area (Å²) in [4.78, 5) is 32.5. The molecule has 5 nitrogen and oxygen atoms in total. The smallest absolute Gasteiger partial charge is 0.261 e. The number of H-pyrrole nitrogens is 1. The van der Waals surface area contributed by atoms with E-state index in [-0.39, 0.29) is 11.8 Å². The highest BCUT2D eigenvalue weighted by molar-refractivity contribution is 7.99. The van der Waals surface area contributed by atoms with Gasteiger partial charge in [0.2, 0.25) is 0 Å². The van der Waals surface area contributed by atoms with Gasteiger partial charge in [0.15, 0.2) is 5.16 Å². The number of imide groups is 1. The third-order valence-corrected chi connectivity index (χ3v) is 3.79. The number of fused-ring (bicyclic) bond motifs is 1. The Morgan fingerprint density at radius 3 is 2.42 bits per heavy atom. The molecule has 1 aromatic heterocycles. The second-order valence-corrected chi connectivity index (χ2v) is 5.13. The van der Waals surface area contributed by atoms with Crippen molar-refractivity contribution in [3.05, 3.63) is 47.8 Å². The summed E-state index contributed by atoms with van der Waals surface area (Å²) in [5, 5.41) is 0.789. The number of hydrogen-bond acceptors (Lipinski definition) is 4. The summed E-state index contributed by atoms with van der Waals surface area (Å²) < 4.78 is 0. The van der Waals surface area contributed by atoms with Crippen LogP contribution in [-0.2, 0) is 0 Å². The first-order valence-corrected chi connectivity index (χ1v) is 6.83. The molecule has 2 aromatic rings. The van der Waals surface area contributed by atoms with Crippen LogP contribution in [0.15, 0.2) is 41.8 Å². The topological polar surface area (TPSA) is 66.1 Å². The molecule has 3 rings (SSSR count). The lowest BCUT2D eigenvalue weighted by atomic mass is 10.1. The molecule has 0 aliphatic carbocycles. The Morgan fingerprint density at radius 2 is 1.84 bits per heavy atom. The molecule has 0 bridgehead atoms. The van der Waals surface area contributed by atoms with Gasteiger partial charge in [-0.3, -0.25) is 14.5 Å². The van der Waals surface area contributed by atoms with Gasteiger partial charge in [-0.05, 0) is 12.1 Å². The number of benzene rings is 1. The summed E-state index contributed by atoms with van der Waals surface area (Å²) in [6, 6.07) is 6.92. The molecule has 0 saturated heterocycles. The molecule has 1 aliphatic rings. The second-order valence-electron chi connectivity index (χ2n) is 4.05. The fourth-order valence-corrected chi connectivity index (χ4v) is 2.76. The van der Waals surface area contributed by atoms with Crippen molar-refractivity contribution in [3.63, 3.8) is 0 Å². The van der Waals surface area contributed by atoms with Crippen molar-refractivity contribution in [1.82, 2.24) is 14.9 Å². The molecular weight excluding hydrogens is 262 g/mol. The minimum Gasteiger partial charge on any atom is -0.340 e. The fourth-order valence-electron chi connectivity index (χ4n) is 2.01. The molecule has 1 aliphatic heterocycles. The summed E-state index contributed by atoms with van der Waals surface area (Å²) in [7, 11) is 0. The van der Waals surface area contributed by atoms with Crippen LogP contribution in [0, 0.1) is 0 Å². The molecule has 1 aromatic carbocycles. The van der Waals surface area contributed by atoms with E-state index in [1.807, 2.05) is 0 Å². The Balaban J connectivity index is 1.67. The van der Waals surface area contributed by atoms with Crippen molar-refractivity contribution < 1.29 is 9.59 Å². The summed E-state index contributed by atoms with van der Waals surface area (Å²) >= 11 is 1.48. The molecule has 0 unspecified atom stereocenters. The van der Waals surface area contributed by atoms with E-state index in [1.165, 1.54) is 16.7 Å². The Kier molecular flexibility index (Phi) is 3.08. The van der Waals surface area contributed by atoms with Crippen LogP contribution in [0.2, 0.25) is 0 Å². The van der Waals surface area contributed by atoms with Crippen LogP contribution in [0.3, 0.4) is 0 Å². The molecule has 0 fully saturated rings. The number of aromatic amines is 1. The van der Waals surface area contributed by atoms with E-state index in [0.29, 0.717) is 23.4 Å². The highest BCUT2D eigenvalue weighted by Gasteiger charge is 2.34. The molecule has 1 N–H and O–H groups in total. The Labute approximate surface area is 114 Å². The maximum Gasteiger partial charge on any atom is 0.261 e. The largest absolute Gasteiger partial charge is 0.340 e. The van der Waals surface area contributed by atoms with Crippen LogP contribution in [0.5, 0.6) is 0 Å². The zero-order chi connectivity index (χ0) is 13.2. The molecule has 0 radical (unpaired) electrons. The molecule has 19 heavy (non-hydrogen) atoms. The van der Waals surface area contributed by atoms with E-state index in [4.69, 9.17) is 0 Å². The molecule has 0 atom stereocenters. The Bertz CT molecular complexity index is 590. The highest BCUT2D eigenvalue weighted by atomic mass is 32.2. The average Bonchev–Trinajstić information content (AvgIpc) is 3.02. The SMILES string of the molecule is O=C1c2ccccc2C(=O)N1CCSc1ncc[nH]1. The molecule has 0 spiro atoms. The van der Waals surface area contributed by atoms with Gasteiger partial charge in [-0.2, -0.15) is 0 Å². The van der Waals surface area contributed by atoms with E-state index in [0.717, 1.165) is 5.16 Å². The van der Waals surface area contributed by atoms with Crippen molar-refractivity contribution in [3.8, 4) is 0 Å². The number of thioether (sulfide) groups is 1. The molecule has 2 heterocycles. The lowest BCUT2D eigenvalue weighted by Gasteiger charge is -2.12. The van der Waals surface area contributed by atoms with E-state index in [9.17, 15) is 9.59 Å². The van der Waals surface area contributed by atoms with Gasteiger partial charge < -0.3 is 4.98 Å². The van der Waals surface area contributed by atoms with E-state index >= 15 is 0 Å². The summed E-state index contributed by atoms with van der Waals surface area (Å²) in [5.41, 5.74) is 0.992. The van der Waals surface area contributed by atoms with Gasteiger partial charge in [0.05, 0.1) is 11.1 Å². The van der Waals surface area contributed by atoms with Crippen LogP contribution in [0.4, 0.5) is 0 Å². The minimum absolute atomic E-state index is 0.208. The van der Waals surface area contributed by atoms with Crippen molar-refractivity contribution in [2.75, 3.05) is 12.3 Å². The van der Waals surface area contributed by atoms with Gasteiger partial charge in [-0.25, -0.2) is 4.98 Å². The van der Waals surface area contributed by atoms with Crippen molar-refractivity contribution in [1.29, 1.82) is 0 Å². The van der Waals surface area contributed by atoms with Gasteiger partial charge >= 0.3 is 0 Å². The lowest BCUT2D eigenvalue weighted by molar-refractivity contribution is 0.0664. The van der Waals surface area contributed by atoms with Crippen LogP contribution in [-0.4, -0.2) is 39.0 Å². The zero-order valence-electron chi connectivity index (χ0n) is 10.00. The predicted molar refractivity (Wildman–Crippen MR) is 71.1 cm³/mol. The Morgan fingerprint density at radius 1 is 1.16 bits per heavy atom. The molecule has 96 valence electrons. The lowest BCUT2D eigenvalue weighted by Crippen LogP contribution is -2.31. The van der Waals surface area contributed by atoms with Gasteiger partial charge in [-0.15, -0.1) is 0 Å². The zero-order valence-corrected chi connectivity index (χ0v) is 10.8. The van der Waals surface area contributed by atoms with Crippen molar-refractivity contribution >= 4 is 23.6 Å². The van der Waals surface area contributed by atoms with Gasteiger partial charge in [-0.1, -0.05) is 23.9 Å². The minimum atomic E-state index is -0.208. The normalized spacial score (nSPS) is 14.0. The second kappa shape index (κ2) is 4.89. The number of carbonyl (C=O) groups excluding carboxylic acids is 2. The first kappa shape index (κ1) is 12.0. The predicted octanol–water partition coefficient (Wildman–Crippen LogP) is 1.80. The Hall–Kier alpha value is -2.08. The average molecular weight is 273 g/mol. The van der Waals surface area contributed by atoms with Crippen LogP contribution in [0.25, 0.3) is 0 Å². The molecular formula is C13H11N3O2S. The van der Waals surface area contributed by atoms with Gasteiger partial charge in [0.1, 0.15) is 0 Å². The number of rotatable bonds is 4. The monoisotopic (exact) mass is 273 g/mol. The first-order chi connectivity index (χ1) is 9.27. The molecule has 0 saturated carbocycles. The number of aromatic nitrogens is 2. The number of imidazole rings is 1. The van der Waals surface area contributed by atoms with E-state index in [1.54, 1.807) is 36.7 Å². The number of hydrogen-bond donors (Lipinski definition) is 1. The molecule has 6 heteroatoms. The van der Waals surface area contributed by atoms with E-state index < -0.39 is 0 Å². The molecule has 2 amide bonds. The first-order valence-electron chi connectivity index (χ1n) is 5.85. The van der Waals surface area contributed by atoms with Crippen molar-refractivity contribution in [2.45, 2.75) is 5.16 Å². The summed E-state index contributed by atoms with van der Waals surface area (Å²) in [6.45, 7) is 0.387. The number of carbonyl (C=O) groups is 2. The number of nitrogens with one attached hydrogen (secondary N) is 1. The quantitative estimate of drug-likeness (QED) is 0.681. The highest BCUT2D eigenvalue weighted by Crippen LogP contribution is 2.23. The number of nitrogens with zero attached hydrogens (tertiary/aromatic N) is 2. The van der Waals surface area contributed by atoms with E-state index in [2.05, 4.69) is 9.97 Å². The van der Waals surface area contributed by atoms with Crippen LogP contribution >= 0.6 is 11.8 Å². The standard InChI is InChI=1S/C13H11N3O2S/c17-11-9-3-1-2-4-10(9)12(18)16(11)7-8-19-13-14-5-6-15-13/h1-6H,7-8H2,(H,14,15). The third-order valence-electron chi connectivity index (χ3n) is 2.90. The maximum absolute atomic E-state index is 12.1. The van der Waals surface area contributed by atoms with Crippen molar-refractivity contribution in [2.24, 2.45) is 0 Å². The van der Waals surface area contributed by atoms with Gasteiger partial charge in [0.25, 0.3) is 11.8 Å². The third kappa shape index (κ3) is 2.15.